The number of hydrogen-bond donors (Lipinski definition) is 3. The number of para-hydroxylation sites is 1. The summed E-state index contributed by atoms with van der Waals surface area (Å²) in [5.41, 5.74) is 0.744. The number of carbonyl (C=O) groups excluding carboxylic acids is 1. The minimum Gasteiger partial charge on any atom is -0.479 e. The van der Waals surface area contributed by atoms with E-state index in [0.29, 0.717) is 6.42 Å². The second-order valence-corrected chi connectivity index (χ2v) is 18.0. The van der Waals surface area contributed by atoms with Crippen molar-refractivity contribution in [2.75, 3.05) is 58.6 Å². The number of benzene rings is 1. The van der Waals surface area contributed by atoms with E-state index in [1.165, 1.54) is 13.8 Å². The number of carboxylic acids is 2. The Morgan fingerprint density at radius 1 is 0.848 bits per heavy atom. The number of nitrogens with zero attached hydrogens (tertiary/aromatic N) is 4. The summed E-state index contributed by atoms with van der Waals surface area (Å²) in [5.74, 6) is -0.608. The molecule has 3 N–H and O–H groups in total. The van der Waals surface area contributed by atoms with Gasteiger partial charge in [0.25, 0.3) is 0 Å². The second kappa shape index (κ2) is 21.1. The van der Waals surface area contributed by atoms with Crippen LogP contribution in [0.5, 0.6) is 0 Å². The standard InChI is InChI=1S/C10H9Cl2NO.2C5H10N2S2.2C3H4Cl2O2/c11-8-6-10(8,12)9(14)13-7-4-2-1-3-5-7;2*1-6-3-7(2)5(8)9-4-6;2*1-3(4,5)2(6)7/h1-5,8H,6H2,(H,13,14);2*3-4H2,1-2H3;2*1H3,(H,6,7). The summed E-state index contributed by atoms with van der Waals surface area (Å²) in [4.78, 5) is 38.8. The van der Waals surface area contributed by atoms with Crippen molar-refractivity contribution in [1.29, 1.82) is 0 Å². The van der Waals surface area contributed by atoms with Crippen LogP contribution in [0.4, 0.5) is 5.69 Å². The molecule has 2 unspecified atom stereocenters. The van der Waals surface area contributed by atoms with Gasteiger partial charge < -0.3 is 25.3 Å². The lowest BCUT2D eigenvalue weighted by Crippen LogP contribution is -2.40. The molecule has 2 aliphatic heterocycles. The SMILES string of the molecule is CC(Cl)(Cl)C(=O)O.CC(Cl)(Cl)C(=O)O.CN1CSC(=S)N(C)C1.CN1CSC(=S)N(C)C1.O=C(Nc1ccccc1)C1(Cl)CC1Cl. The van der Waals surface area contributed by atoms with Crippen LogP contribution in [0.2, 0.25) is 0 Å². The zero-order chi connectivity index (χ0) is 36.0. The maximum Gasteiger partial charge on any atom is 0.339 e. The maximum absolute atomic E-state index is 11.6. The molecule has 2 heterocycles. The van der Waals surface area contributed by atoms with Crippen LogP contribution in [0.25, 0.3) is 0 Å². The summed E-state index contributed by atoms with van der Waals surface area (Å²) in [7, 11) is 8.21. The minimum atomic E-state index is -1.64. The molecule has 1 aliphatic carbocycles. The number of hydrogen-bond acceptors (Lipinski definition) is 9. The molecule has 3 fully saturated rings. The number of rotatable bonds is 4. The van der Waals surface area contributed by atoms with Crippen LogP contribution in [0.3, 0.4) is 0 Å². The third-order valence-corrected chi connectivity index (χ3v) is 10.8. The lowest BCUT2D eigenvalue weighted by atomic mass is 10.3. The molecule has 1 aromatic carbocycles. The van der Waals surface area contributed by atoms with Crippen molar-refractivity contribution in [3.63, 3.8) is 0 Å². The van der Waals surface area contributed by atoms with E-state index in [2.05, 4.69) is 39.0 Å². The third kappa shape index (κ3) is 19.1. The van der Waals surface area contributed by atoms with Gasteiger partial charge in [0.05, 0.1) is 30.5 Å². The van der Waals surface area contributed by atoms with Crippen LogP contribution in [0, 0.1) is 0 Å². The van der Waals surface area contributed by atoms with Gasteiger partial charge in [0.1, 0.15) is 13.5 Å². The van der Waals surface area contributed by atoms with Gasteiger partial charge in [-0.2, -0.15) is 0 Å². The molecule has 0 radical (unpaired) electrons. The van der Waals surface area contributed by atoms with E-state index in [1.54, 1.807) is 23.5 Å². The molecule has 46 heavy (non-hydrogen) atoms. The average Bonchev–Trinajstić information content (AvgIpc) is 3.57. The molecule has 4 rings (SSSR count). The lowest BCUT2D eigenvalue weighted by molar-refractivity contribution is -0.138. The molecule has 1 amide bonds. The van der Waals surface area contributed by atoms with Crippen molar-refractivity contribution in [2.24, 2.45) is 0 Å². The molecule has 0 aromatic heterocycles. The van der Waals surface area contributed by atoms with E-state index in [4.69, 9.17) is 104 Å². The molecular formula is C26H37Cl6N5O5S4. The Bertz CT molecular complexity index is 1130. The predicted octanol–water partition coefficient (Wildman–Crippen LogP) is 6.74. The van der Waals surface area contributed by atoms with Crippen LogP contribution in [-0.4, -0.2) is 128 Å². The Balaban J connectivity index is 0.000000568. The van der Waals surface area contributed by atoms with Gasteiger partial charge in [-0.3, -0.25) is 14.6 Å². The lowest BCUT2D eigenvalue weighted by Gasteiger charge is -2.31. The van der Waals surface area contributed by atoms with E-state index in [-0.39, 0.29) is 11.3 Å². The normalized spacial score (nSPS) is 21.4. The van der Waals surface area contributed by atoms with Gasteiger partial charge >= 0.3 is 11.9 Å². The summed E-state index contributed by atoms with van der Waals surface area (Å²) >= 11 is 45.4. The number of amides is 1. The van der Waals surface area contributed by atoms with E-state index in [0.717, 1.165) is 39.4 Å². The molecule has 2 saturated heterocycles. The Labute approximate surface area is 319 Å². The molecular weight excluding hydrogens is 803 g/mol. The maximum atomic E-state index is 11.6. The van der Waals surface area contributed by atoms with E-state index >= 15 is 0 Å². The fourth-order valence-electron chi connectivity index (χ4n) is 2.67. The van der Waals surface area contributed by atoms with Gasteiger partial charge in [-0.25, -0.2) is 9.59 Å². The number of anilines is 1. The summed E-state index contributed by atoms with van der Waals surface area (Å²) < 4.78 is -1.26. The number of carboxylic acid groups (broad SMARTS) is 2. The highest BCUT2D eigenvalue weighted by molar-refractivity contribution is 8.23. The number of nitrogens with one attached hydrogen (secondary N) is 1. The summed E-state index contributed by atoms with van der Waals surface area (Å²) in [6.07, 6.45) is 0.536. The molecule has 262 valence electrons. The van der Waals surface area contributed by atoms with Crippen LogP contribution < -0.4 is 5.32 Å². The quantitative estimate of drug-likeness (QED) is 0.220. The Morgan fingerprint density at radius 2 is 1.17 bits per heavy atom. The number of alkyl halides is 6. The molecule has 0 bridgehead atoms. The molecule has 3 aliphatic rings. The number of thioether (sulfide) groups is 2. The first kappa shape index (κ1) is 45.8. The van der Waals surface area contributed by atoms with E-state index in [9.17, 15) is 14.4 Å². The van der Waals surface area contributed by atoms with Crippen molar-refractivity contribution in [1.82, 2.24) is 19.6 Å². The average molecular weight is 841 g/mol. The van der Waals surface area contributed by atoms with Gasteiger partial charge in [0, 0.05) is 19.8 Å². The number of aliphatic carboxylic acids is 2. The third-order valence-electron chi connectivity index (χ3n) is 5.32. The first-order chi connectivity index (χ1) is 20.9. The fraction of sp³-hybridized carbons (Fsp3) is 0.577. The topological polar surface area (TPSA) is 117 Å². The molecule has 2 atom stereocenters. The first-order valence-corrected chi connectivity index (χ1v) is 18.1. The second-order valence-electron chi connectivity index (χ2n) is 10.2. The highest BCUT2D eigenvalue weighted by Crippen LogP contribution is 2.48. The molecule has 10 nitrogen and oxygen atoms in total. The summed E-state index contributed by atoms with van der Waals surface area (Å²) in [6.45, 7) is 4.31. The van der Waals surface area contributed by atoms with Gasteiger partial charge in [0.2, 0.25) is 14.6 Å². The monoisotopic (exact) mass is 837 g/mol. The van der Waals surface area contributed by atoms with Gasteiger partial charge in [-0.05, 0) is 46.5 Å². The largest absolute Gasteiger partial charge is 0.479 e. The summed E-state index contributed by atoms with van der Waals surface area (Å²) in [5, 5.41) is 18.4. The van der Waals surface area contributed by atoms with Crippen molar-refractivity contribution in [3.8, 4) is 0 Å². The van der Waals surface area contributed by atoms with Crippen molar-refractivity contribution < 1.29 is 24.6 Å². The van der Waals surface area contributed by atoms with Crippen molar-refractivity contribution in [2.45, 2.75) is 39.2 Å². The van der Waals surface area contributed by atoms with Crippen molar-refractivity contribution >= 4 is 150 Å². The van der Waals surface area contributed by atoms with Crippen LogP contribution in [-0.2, 0) is 14.4 Å². The predicted molar refractivity (Wildman–Crippen MR) is 204 cm³/mol. The Kier molecular flexibility index (Phi) is 21.0. The molecule has 1 aromatic rings. The van der Waals surface area contributed by atoms with E-state index < -0.39 is 25.5 Å². The zero-order valence-corrected chi connectivity index (χ0v) is 33.6. The van der Waals surface area contributed by atoms with Gasteiger partial charge in [-0.15, -0.1) is 23.2 Å². The first-order valence-electron chi connectivity index (χ1n) is 13.0. The van der Waals surface area contributed by atoms with E-state index in [1.807, 2.05) is 44.4 Å². The smallest absolute Gasteiger partial charge is 0.339 e. The van der Waals surface area contributed by atoms with Crippen LogP contribution >= 0.6 is 118 Å². The minimum absolute atomic E-state index is 0.217. The van der Waals surface area contributed by atoms with Crippen LogP contribution in [0.15, 0.2) is 30.3 Å². The fourth-order valence-corrected chi connectivity index (χ4v) is 5.10. The Morgan fingerprint density at radius 3 is 1.41 bits per heavy atom. The van der Waals surface area contributed by atoms with Gasteiger partial charge in [0.15, 0.2) is 0 Å². The molecule has 1 saturated carbocycles. The zero-order valence-electron chi connectivity index (χ0n) is 25.8. The van der Waals surface area contributed by atoms with Crippen LogP contribution in [0.1, 0.15) is 20.3 Å². The molecule has 20 heteroatoms. The van der Waals surface area contributed by atoms with Gasteiger partial charge in [-0.1, -0.05) is 113 Å². The van der Waals surface area contributed by atoms with Crippen molar-refractivity contribution in [3.05, 3.63) is 30.3 Å². The number of thiocarbonyl (C=S) groups is 2. The Hall–Kier alpha value is -0.230. The summed E-state index contributed by atoms with van der Waals surface area (Å²) in [6, 6.07) is 9.20. The highest BCUT2D eigenvalue weighted by atomic mass is 35.5. The number of carbonyl (C=O) groups is 3. The number of halogens is 6. The highest BCUT2D eigenvalue weighted by Gasteiger charge is 2.58. The molecule has 0 spiro atoms.